The Kier molecular flexibility index (Phi) is 4.39. The zero-order valence-corrected chi connectivity index (χ0v) is 12.7. The third kappa shape index (κ3) is 2.99. The van der Waals surface area contributed by atoms with Crippen LogP contribution in [0.4, 0.5) is 5.69 Å². The second-order valence-corrected chi connectivity index (χ2v) is 6.01. The third-order valence-electron chi connectivity index (χ3n) is 3.60. The van der Waals surface area contributed by atoms with Gasteiger partial charge < -0.3 is 10.6 Å². The number of amides is 1. The van der Waals surface area contributed by atoms with Gasteiger partial charge in [-0.3, -0.25) is 14.9 Å². The molecule has 1 saturated heterocycles. The van der Waals surface area contributed by atoms with E-state index in [1.807, 2.05) is 6.92 Å². The molecule has 1 fully saturated rings. The van der Waals surface area contributed by atoms with E-state index < -0.39 is 4.92 Å². The molecule has 108 valence electrons. The molecule has 1 aromatic carbocycles. The SMILES string of the molecule is CC1CC(CN)CN1C(=O)c1cc(Br)cc([N+](=O)[O-])c1. The van der Waals surface area contributed by atoms with Crippen molar-refractivity contribution in [3.63, 3.8) is 0 Å². The van der Waals surface area contributed by atoms with Crippen molar-refractivity contribution in [2.45, 2.75) is 19.4 Å². The molecule has 1 aromatic rings. The van der Waals surface area contributed by atoms with E-state index in [2.05, 4.69) is 15.9 Å². The largest absolute Gasteiger partial charge is 0.336 e. The monoisotopic (exact) mass is 341 g/mol. The van der Waals surface area contributed by atoms with Crippen molar-refractivity contribution in [3.05, 3.63) is 38.3 Å². The Balaban J connectivity index is 2.27. The molecule has 2 atom stereocenters. The first-order chi connectivity index (χ1) is 9.42. The standard InChI is InChI=1S/C13H16BrN3O3/c1-8-2-9(6-15)7-16(8)13(18)10-3-11(14)5-12(4-10)17(19)20/h3-5,8-9H,2,6-7,15H2,1H3. The zero-order chi connectivity index (χ0) is 14.9. The molecule has 2 N–H and O–H groups in total. The Morgan fingerprint density at radius 3 is 2.80 bits per heavy atom. The fraction of sp³-hybridized carbons (Fsp3) is 0.462. The van der Waals surface area contributed by atoms with Gasteiger partial charge in [0.05, 0.1) is 4.92 Å². The number of halogens is 1. The van der Waals surface area contributed by atoms with E-state index in [0.717, 1.165) is 6.42 Å². The summed E-state index contributed by atoms with van der Waals surface area (Å²) in [5.74, 6) is 0.119. The maximum Gasteiger partial charge on any atom is 0.271 e. The number of nitrogens with two attached hydrogens (primary N) is 1. The van der Waals surface area contributed by atoms with Crippen LogP contribution in [0.2, 0.25) is 0 Å². The van der Waals surface area contributed by atoms with Crippen molar-refractivity contribution in [1.29, 1.82) is 0 Å². The smallest absolute Gasteiger partial charge is 0.271 e. The number of carbonyl (C=O) groups is 1. The first kappa shape index (κ1) is 14.9. The number of nitro benzene ring substituents is 1. The summed E-state index contributed by atoms with van der Waals surface area (Å²) < 4.78 is 0.525. The number of non-ortho nitro benzene ring substituents is 1. The van der Waals surface area contributed by atoms with Crippen molar-refractivity contribution < 1.29 is 9.72 Å². The molecule has 20 heavy (non-hydrogen) atoms. The number of benzene rings is 1. The van der Waals surface area contributed by atoms with E-state index >= 15 is 0 Å². The van der Waals surface area contributed by atoms with E-state index in [-0.39, 0.29) is 17.6 Å². The molecule has 0 saturated carbocycles. The van der Waals surface area contributed by atoms with Crippen molar-refractivity contribution >= 4 is 27.5 Å². The highest BCUT2D eigenvalue weighted by molar-refractivity contribution is 9.10. The average molecular weight is 342 g/mol. The molecule has 1 aliphatic heterocycles. The Hall–Kier alpha value is -1.47. The highest BCUT2D eigenvalue weighted by Gasteiger charge is 2.32. The van der Waals surface area contributed by atoms with Crippen LogP contribution in [0, 0.1) is 16.0 Å². The molecule has 1 heterocycles. The average Bonchev–Trinajstić information content (AvgIpc) is 2.78. The molecule has 6 nitrogen and oxygen atoms in total. The lowest BCUT2D eigenvalue weighted by atomic mass is 10.1. The van der Waals surface area contributed by atoms with Crippen LogP contribution in [0.3, 0.4) is 0 Å². The normalized spacial score (nSPS) is 22.1. The summed E-state index contributed by atoms with van der Waals surface area (Å²) in [5.41, 5.74) is 5.89. The topological polar surface area (TPSA) is 89.5 Å². The number of hydrogen-bond acceptors (Lipinski definition) is 4. The minimum Gasteiger partial charge on any atom is -0.336 e. The molecule has 2 unspecified atom stereocenters. The second kappa shape index (κ2) is 5.88. The fourth-order valence-corrected chi connectivity index (χ4v) is 3.05. The number of nitro groups is 1. The van der Waals surface area contributed by atoms with Crippen molar-refractivity contribution in [3.8, 4) is 0 Å². The van der Waals surface area contributed by atoms with Crippen LogP contribution >= 0.6 is 15.9 Å². The summed E-state index contributed by atoms with van der Waals surface area (Å²) in [6, 6.07) is 4.41. The third-order valence-corrected chi connectivity index (χ3v) is 4.05. The van der Waals surface area contributed by atoms with Gasteiger partial charge >= 0.3 is 0 Å². The Labute approximate surface area is 125 Å². The van der Waals surface area contributed by atoms with Crippen molar-refractivity contribution in [2.24, 2.45) is 11.7 Å². The molecule has 2 rings (SSSR count). The van der Waals surface area contributed by atoms with Gasteiger partial charge in [-0.15, -0.1) is 0 Å². The van der Waals surface area contributed by atoms with Gasteiger partial charge in [0.15, 0.2) is 0 Å². The van der Waals surface area contributed by atoms with Crippen LogP contribution < -0.4 is 5.73 Å². The molecular weight excluding hydrogens is 326 g/mol. The second-order valence-electron chi connectivity index (χ2n) is 5.10. The molecule has 1 aliphatic rings. The van der Waals surface area contributed by atoms with E-state index in [1.54, 1.807) is 11.0 Å². The lowest BCUT2D eigenvalue weighted by Gasteiger charge is -2.21. The fourth-order valence-electron chi connectivity index (χ4n) is 2.56. The summed E-state index contributed by atoms with van der Waals surface area (Å²) in [6.07, 6.45) is 0.873. The number of carbonyl (C=O) groups excluding carboxylic acids is 1. The molecular formula is C13H16BrN3O3. The minimum absolute atomic E-state index is 0.0926. The highest BCUT2D eigenvalue weighted by atomic mass is 79.9. The summed E-state index contributed by atoms with van der Waals surface area (Å²) in [5, 5.41) is 10.9. The summed E-state index contributed by atoms with van der Waals surface area (Å²) in [4.78, 5) is 24.6. The van der Waals surface area contributed by atoms with Gasteiger partial charge in [0.2, 0.25) is 0 Å². The summed E-state index contributed by atoms with van der Waals surface area (Å²) in [6.45, 7) is 3.13. The van der Waals surface area contributed by atoms with Gasteiger partial charge in [-0.05, 0) is 31.9 Å². The highest BCUT2D eigenvalue weighted by Crippen LogP contribution is 2.27. The molecule has 7 heteroatoms. The summed E-state index contributed by atoms with van der Waals surface area (Å²) in [7, 11) is 0. The molecule has 1 amide bonds. The van der Waals surface area contributed by atoms with Crippen LogP contribution in [0.5, 0.6) is 0 Å². The minimum atomic E-state index is -0.502. The first-order valence-electron chi connectivity index (χ1n) is 6.38. The lowest BCUT2D eigenvalue weighted by molar-refractivity contribution is -0.385. The Bertz CT molecular complexity index is 550. The van der Waals surface area contributed by atoms with E-state index in [4.69, 9.17) is 5.73 Å². The molecule has 0 aliphatic carbocycles. The zero-order valence-electron chi connectivity index (χ0n) is 11.1. The van der Waals surface area contributed by atoms with Crippen LogP contribution in [0.25, 0.3) is 0 Å². The van der Waals surface area contributed by atoms with Crippen LogP contribution in [0.1, 0.15) is 23.7 Å². The van der Waals surface area contributed by atoms with Crippen molar-refractivity contribution in [1.82, 2.24) is 4.90 Å². The molecule has 0 radical (unpaired) electrons. The predicted molar refractivity (Wildman–Crippen MR) is 78.5 cm³/mol. The maximum absolute atomic E-state index is 12.5. The number of likely N-dealkylation sites (tertiary alicyclic amines) is 1. The van der Waals surface area contributed by atoms with Crippen LogP contribution in [-0.2, 0) is 0 Å². The van der Waals surface area contributed by atoms with Gasteiger partial charge in [-0.25, -0.2) is 0 Å². The molecule has 0 spiro atoms. The van der Waals surface area contributed by atoms with E-state index in [1.165, 1.54) is 12.1 Å². The molecule has 0 bridgehead atoms. The maximum atomic E-state index is 12.5. The van der Waals surface area contributed by atoms with E-state index in [9.17, 15) is 14.9 Å². The van der Waals surface area contributed by atoms with Gasteiger partial charge in [0, 0.05) is 34.8 Å². The van der Waals surface area contributed by atoms with Gasteiger partial charge in [0.25, 0.3) is 11.6 Å². The van der Waals surface area contributed by atoms with Gasteiger partial charge in [0.1, 0.15) is 0 Å². The van der Waals surface area contributed by atoms with Crippen LogP contribution in [0.15, 0.2) is 22.7 Å². The number of nitrogens with zero attached hydrogens (tertiary/aromatic N) is 2. The van der Waals surface area contributed by atoms with Gasteiger partial charge in [-0.1, -0.05) is 15.9 Å². The molecule has 0 aromatic heterocycles. The Morgan fingerprint density at radius 1 is 1.55 bits per heavy atom. The quantitative estimate of drug-likeness (QED) is 0.673. The van der Waals surface area contributed by atoms with E-state index in [0.29, 0.717) is 29.0 Å². The summed E-state index contributed by atoms with van der Waals surface area (Å²) >= 11 is 3.20. The predicted octanol–water partition coefficient (Wildman–Crippen LogP) is 2.17. The van der Waals surface area contributed by atoms with Crippen molar-refractivity contribution in [2.75, 3.05) is 13.1 Å². The van der Waals surface area contributed by atoms with Crippen LogP contribution in [-0.4, -0.2) is 34.9 Å². The first-order valence-corrected chi connectivity index (χ1v) is 7.17. The lowest BCUT2D eigenvalue weighted by Crippen LogP contribution is -2.34. The Morgan fingerprint density at radius 2 is 2.25 bits per heavy atom. The number of hydrogen-bond donors (Lipinski definition) is 1. The number of rotatable bonds is 3. The van der Waals surface area contributed by atoms with Gasteiger partial charge in [-0.2, -0.15) is 0 Å².